The van der Waals surface area contributed by atoms with Crippen molar-refractivity contribution in [2.75, 3.05) is 14.2 Å². The monoisotopic (exact) mass is 355 g/mol. The summed E-state index contributed by atoms with van der Waals surface area (Å²) >= 11 is 1.41. The number of phenolic OH excluding ortho intramolecular Hbond substituents is 2. The van der Waals surface area contributed by atoms with E-state index in [1.165, 1.54) is 23.5 Å². The number of rotatable bonds is 4. The highest BCUT2D eigenvalue weighted by molar-refractivity contribution is 7.07. The van der Waals surface area contributed by atoms with Crippen LogP contribution in [0, 0.1) is 0 Å². The van der Waals surface area contributed by atoms with Crippen LogP contribution in [0.25, 0.3) is 11.3 Å². The first-order valence-corrected chi connectivity index (χ1v) is 8.34. The quantitative estimate of drug-likeness (QED) is 0.706. The molecule has 0 spiro atoms. The van der Waals surface area contributed by atoms with Gasteiger partial charge in [-0.15, -0.1) is 11.3 Å². The van der Waals surface area contributed by atoms with Crippen molar-refractivity contribution in [3.05, 3.63) is 58.2 Å². The molecule has 7 heteroatoms. The molecule has 1 heterocycles. The Bertz CT molecular complexity index is 989. The van der Waals surface area contributed by atoms with Gasteiger partial charge in [0.15, 0.2) is 0 Å². The third-order valence-corrected chi connectivity index (χ3v) is 4.46. The number of aromatic nitrogens is 1. The Labute approximate surface area is 148 Å². The number of phenols is 2. The van der Waals surface area contributed by atoms with Crippen LogP contribution >= 0.6 is 11.3 Å². The Kier molecular flexibility index (Phi) is 4.85. The van der Waals surface area contributed by atoms with E-state index in [0.29, 0.717) is 16.1 Å². The number of hydrogen-bond acceptors (Lipinski definition) is 6. The Morgan fingerprint density at radius 3 is 2.72 bits per heavy atom. The number of benzene rings is 2. The second-order valence-corrected chi connectivity index (χ2v) is 6.00. The topological polar surface area (TPSA) is 79.3 Å². The zero-order valence-electron chi connectivity index (χ0n) is 13.7. The third kappa shape index (κ3) is 3.56. The van der Waals surface area contributed by atoms with E-state index >= 15 is 0 Å². The first-order valence-electron chi connectivity index (χ1n) is 7.46. The van der Waals surface area contributed by atoms with Gasteiger partial charge in [0, 0.05) is 24.1 Å². The maximum absolute atomic E-state index is 10.1. The second-order valence-electron chi connectivity index (χ2n) is 5.16. The summed E-state index contributed by atoms with van der Waals surface area (Å²) in [5.41, 5.74) is 2.12. The molecular formula is C18H17N3O3S. The van der Waals surface area contributed by atoms with E-state index in [9.17, 15) is 10.2 Å². The van der Waals surface area contributed by atoms with Crippen LogP contribution in [-0.4, -0.2) is 35.3 Å². The number of hydrogen-bond donors (Lipinski definition) is 2. The van der Waals surface area contributed by atoms with Crippen LogP contribution in [0.4, 0.5) is 0 Å². The van der Waals surface area contributed by atoms with Gasteiger partial charge in [-0.25, -0.2) is 4.68 Å². The molecular weight excluding hydrogens is 338 g/mol. The Morgan fingerprint density at radius 1 is 1.16 bits per heavy atom. The van der Waals surface area contributed by atoms with E-state index in [0.717, 1.165) is 11.3 Å². The summed E-state index contributed by atoms with van der Waals surface area (Å²) in [6, 6.07) is 12.0. The molecule has 0 unspecified atom stereocenters. The minimum atomic E-state index is -0.0224. The highest BCUT2D eigenvalue weighted by atomic mass is 32.1. The van der Waals surface area contributed by atoms with Crippen LogP contribution < -0.4 is 9.54 Å². The van der Waals surface area contributed by atoms with Gasteiger partial charge < -0.3 is 14.9 Å². The lowest BCUT2D eigenvalue weighted by Gasteiger charge is -2.06. The largest absolute Gasteiger partial charge is 0.508 e. The average molecular weight is 355 g/mol. The standard InChI is InChI=1S/C18H17N3O3S/c1-19-18-21(20-10-12-4-3-5-14(8-12)24-2)16(11-25-18)15-7-6-13(22)9-17(15)23/h3-11,22-23H,1-2H3/b19-18?,20-10+. The normalized spacial score (nSPS) is 12.0. The van der Waals surface area contributed by atoms with E-state index in [1.807, 2.05) is 29.6 Å². The number of nitrogens with zero attached hydrogens (tertiary/aromatic N) is 3. The molecule has 1 aromatic heterocycles. The fraction of sp³-hybridized carbons (Fsp3) is 0.111. The molecule has 0 radical (unpaired) electrons. The van der Waals surface area contributed by atoms with Gasteiger partial charge in [-0.05, 0) is 29.8 Å². The van der Waals surface area contributed by atoms with E-state index in [2.05, 4.69) is 10.1 Å². The van der Waals surface area contributed by atoms with Gasteiger partial charge in [-0.2, -0.15) is 5.10 Å². The lowest BCUT2D eigenvalue weighted by atomic mass is 10.1. The first-order chi connectivity index (χ1) is 12.1. The third-order valence-electron chi connectivity index (χ3n) is 3.55. The highest BCUT2D eigenvalue weighted by Gasteiger charge is 2.12. The number of thiazole rings is 1. The number of methoxy groups -OCH3 is 1. The molecule has 0 fully saturated rings. The van der Waals surface area contributed by atoms with Gasteiger partial charge in [0.2, 0.25) is 4.80 Å². The average Bonchev–Trinajstić information content (AvgIpc) is 3.03. The molecule has 128 valence electrons. The molecule has 0 saturated carbocycles. The molecule has 0 aliphatic carbocycles. The highest BCUT2D eigenvalue weighted by Crippen LogP contribution is 2.32. The van der Waals surface area contributed by atoms with Crippen molar-refractivity contribution < 1.29 is 14.9 Å². The van der Waals surface area contributed by atoms with Gasteiger partial charge in [-0.3, -0.25) is 4.99 Å². The summed E-state index contributed by atoms with van der Waals surface area (Å²) < 4.78 is 6.86. The van der Waals surface area contributed by atoms with E-state index in [-0.39, 0.29) is 11.5 Å². The molecule has 0 saturated heterocycles. The maximum atomic E-state index is 10.1. The van der Waals surface area contributed by atoms with Crippen molar-refractivity contribution in [2.24, 2.45) is 10.1 Å². The Balaban J connectivity index is 2.06. The van der Waals surface area contributed by atoms with E-state index in [4.69, 9.17) is 4.74 Å². The molecule has 0 aliphatic heterocycles. The maximum Gasteiger partial charge on any atom is 0.205 e. The van der Waals surface area contributed by atoms with Crippen LogP contribution in [0.3, 0.4) is 0 Å². The summed E-state index contributed by atoms with van der Waals surface area (Å²) in [4.78, 5) is 4.90. The predicted molar refractivity (Wildman–Crippen MR) is 98.5 cm³/mol. The molecule has 0 atom stereocenters. The summed E-state index contributed by atoms with van der Waals surface area (Å²) in [5, 5.41) is 26.0. The van der Waals surface area contributed by atoms with E-state index in [1.54, 1.807) is 31.1 Å². The molecule has 25 heavy (non-hydrogen) atoms. The molecule has 0 bridgehead atoms. The van der Waals surface area contributed by atoms with Crippen molar-refractivity contribution in [1.82, 2.24) is 4.68 Å². The summed E-state index contributed by atoms with van der Waals surface area (Å²) in [5.74, 6) is 0.727. The van der Waals surface area contributed by atoms with Crippen molar-refractivity contribution in [3.8, 4) is 28.5 Å². The summed E-state index contributed by atoms with van der Waals surface area (Å²) in [6.45, 7) is 0. The SMILES string of the molecule is CN=c1scc(-c2ccc(O)cc2O)n1/N=C/c1cccc(OC)c1. The van der Waals surface area contributed by atoms with Crippen LogP contribution in [0.2, 0.25) is 0 Å². The van der Waals surface area contributed by atoms with Gasteiger partial charge in [-0.1, -0.05) is 12.1 Å². The van der Waals surface area contributed by atoms with Crippen molar-refractivity contribution in [2.45, 2.75) is 0 Å². The Hall–Kier alpha value is -3.06. The smallest absolute Gasteiger partial charge is 0.205 e. The van der Waals surface area contributed by atoms with Crippen LogP contribution in [0.1, 0.15) is 5.56 Å². The zero-order valence-corrected chi connectivity index (χ0v) is 14.6. The molecule has 0 amide bonds. The minimum Gasteiger partial charge on any atom is -0.508 e. The number of ether oxygens (including phenoxy) is 1. The number of aromatic hydroxyl groups is 2. The fourth-order valence-corrected chi connectivity index (χ4v) is 3.13. The Morgan fingerprint density at radius 2 is 2.00 bits per heavy atom. The molecule has 3 rings (SSSR count). The van der Waals surface area contributed by atoms with Crippen LogP contribution in [0.15, 0.2) is 57.9 Å². The zero-order chi connectivity index (χ0) is 17.8. The molecule has 2 aromatic carbocycles. The first kappa shape index (κ1) is 16.8. The molecule has 6 nitrogen and oxygen atoms in total. The van der Waals surface area contributed by atoms with Crippen molar-refractivity contribution >= 4 is 17.6 Å². The predicted octanol–water partition coefficient (Wildman–Crippen LogP) is 3.05. The van der Waals surface area contributed by atoms with Gasteiger partial charge in [0.1, 0.15) is 17.2 Å². The second kappa shape index (κ2) is 7.23. The van der Waals surface area contributed by atoms with Gasteiger partial charge in [0.05, 0.1) is 19.0 Å². The van der Waals surface area contributed by atoms with Crippen LogP contribution in [-0.2, 0) is 0 Å². The van der Waals surface area contributed by atoms with Crippen molar-refractivity contribution in [1.29, 1.82) is 0 Å². The molecule has 0 aliphatic rings. The minimum absolute atomic E-state index is 0.00307. The lowest BCUT2D eigenvalue weighted by molar-refractivity contribution is 0.414. The lowest BCUT2D eigenvalue weighted by Crippen LogP contribution is -2.11. The molecule has 2 N–H and O–H groups in total. The molecule has 3 aromatic rings. The van der Waals surface area contributed by atoms with Crippen molar-refractivity contribution in [3.63, 3.8) is 0 Å². The van der Waals surface area contributed by atoms with Crippen LogP contribution in [0.5, 0.6) is 17.2 Å². The van der Waals surface area contributed by atoms with Gasteiger partial charge in [0.25, 0.3) is 0 Å². The summed E-state index contributed by atoms with van der Waals surface area (Å²) in [7, 11) is 3.30. The summed E-state index contributed by atoms with van der Waals surface area (Å²) in [6.07, 6.45) is 1.70. The van der Waals surface area contributed by atoms with E-state index < -0.39 is 0 Å². The van der Waals surface area contributed by atoms with Gasteiger partial charge >= 0.3 is 0 Å². The fourth-order valence-electron chi connectivity index (χ4n) is 2.33.